The molecule has 1 saturated heterocycles. The lowest BCUT2D eigenvalue weighted by Crippen LogP contribution is -2.43. The first-order valence-corrected chi connectivity index (χ1v) is 13.2. The maximum absolute atomic E-state index is 13.5. The molecule has 0 N–H and O–H groups in total. The van der Waals surface area contributed by atoms with Gasteiger partial charge in [-0.1, -0.05) is 42.5 Å². The van der Waals surface area contributed by atoms with Crippen LogP contribution in [0.25, 0.3) is 0 Å². The van der Waals surface area contributed by atoms with Crippen molar-refractivity contribution in [2.24, 2.45) is 0 Å². The molecule has 2 heterocycles. The molecule has 1 aliphatic heterocycles. The third kappa shape index (κ3) is 6.89. The van der Waals surface area contributed by atoms with Crippen molar-refractivity contribution < 1.29 is 46.4 Å². The van der Waals surface area contributed by atoms with Gasteiger partial charge in [-0.15, -0.1) is 0 Å². The van der Waals surface area contributed by atoms with Gasteiger partial charge in [-0.3, -0.25) is 4.57 Å². The summed E-state index contributed by atoms with van der Waals surface area (Å²) < 4.78 is 69.9. The molecule has 10 nitrogen and oxygen atoms in total. The SMILES string of the molecule is COc1ccn([C@@H]2O[C@H](COC(=O)c3ccccc3)[C@@H](OC(=O)c3ccccc3)[C@H]2Oc2cccc(C(F)(F)F)c2)c(=O)n1. The number of alkyl halides is 3. The highest BCUT2D eigenvalue weighted by atomic mass is 19.4. The van der Waals surface area contributed by atoms with Gasteiger partial charge < -0.3 is 23.7 Å². The number of benzene rings is 3. The molecule has 0 amide bonds. The number of rotatable bonds is 9. The second kappa shape index (κ2) is 13.0. The van der Waals surface area contributed by atoms with Gasteiger partial charge in [0.05, 0.1) is 23.8 Å². The van der Waals surface area contributed by atoms with E-state index in [0.717, 1.165) is 22.8 Å². The Morgan fingerprint density at radius 2 is 1.55 bits per heavy atom. The molecule has 4 aromatic rings. The zero-order valence-corrected chi connectivity index (χ0v) is 23.0. The zero-order valence-electron chi connectivity index (χ0n) is 23.0. The normalized spacial score (nSPS) is 19.6. The second-order valence-electron chi connectivity index (χ2n) is 9.53. The Morgan fingerprint density at radius 1 is 0.886 bits per heavy atom. The Kier molecular flexibility index (Phi) is 8.95. The Bertz CT molecular complexity index is 1660. The van der Waals surface area contributed by atoms with Crippen LogP contribution in [0.5, 0.6) is 11.6 Å². The molecule has 3 aromatic carbocycles. The number of carbonyl (C=O) groups excluding carboxylic acids is 2. The van der Waals surface area contributed by atoms with Crippen molar-refractivity contribution in [2.45, 2.75) is 30.7 Å². The lowest BCUT2D eigenvalue weighted by atomic mass is 10.1. The molecule has 0 radical (unpaired) electrons. The minimum Gasteiger partial charge on any atom is -0.482 e. The molecule has 4 atom stereocenters. The summed E-state index contributed by atoms with van der Waals surface area (Å²) in [6, 6.07) is 21.4. The summed E-state index contributed by atoms with van der Waals surface area (Å²) in [6.07, 6.45) is -8.76. The molecule has 0 bridgehead atoms. The van der Waals surface area contributed by atoms with Crippen LogP contribution < -0.4 is 15.2 Å². The fourth-order valence-electron chi connectivity index (χ4n) is 4.52. The van der Waals surface area contributed by atoms with Gasteiger partial charge in [-0.25, -0.2) is 14.4 Å². The summed E-state index contributed by atoms with van der Waals surface area (Å²) in [7, 11) is 1.31. The summed E-state index contributed by atoms with van der Waals surface area (Å²) >= 11 is 0. The minimum atomic E-state index is -4.67. The van der Waals surface area contributed by atoms with Gasteiger partial charge in [-0.2, -0.15) is 18.2 Å². The Labute approximate surface area is 248 Å². The molecule has 13 heteroatoms. The van der Waals surface area contributed by atoms with Crippen LogP contribution in [-0.2, 0) is 20.4 Å². The van der Waals surface area contributed by atoms with E-state index < -0.39 is 60.5 Å². The maximum atomic E-state index is 13.5. The van der Waals surface area contributed by atoms with Gasteiger partial charge in [0.1, 0.15) is 18.5 Å². The summed E-state index contributed by atoms with van der Waals surface area (Å²) in [4.78, 5) is 42.7. The second-order valence-corrected chi connectivity index (χ2v) is 9.53. The van der Waals surface area contributed by atoms with Crippen LogP contribution in [0.2, 0.25) is 0 Å². The predicted molar refractivity (Wildman–Crippen MR) is 147 cm³/mol. The first-order chi connectivity index (χ1) is 21.1. The van der Waals surface area contributed by atoms with Crippen molar-refractivity contribution in [1.82, 2.24) is 9.55 Å². The van der Waals surface area contributed by atoms with E-state index in [2.05, 4.69) is 4.98 Å². The van der Waals surface area contributed by atoms with Gasteiger partial charge in [0.15, 0.2) is 18.4 Å². The van der Waals surface area contributed by atoms with E-state index >= 15 is 0 Å². The molecular formula is C31H25F3N2O8. The average molecular weight is 611 g/mol. The lowest BCUT2D eigenvalue weighted by Gasteiger charge is -2.26. The number of carbonyl (C=O) groups is 2. The summed E-state index contributed by atoms with van der Waals surface area (Å²) in [5.74, 6) is -1.75. The van der Waals surface area contributed by atoms with E-state index in [1.807, 2.05) is 0 Å². The van der Waals surface area contributed by atoms with Crippen molar-refractivity contribution in [3.8, 4) is 11.6 Å². The standard InChI is InChI=1S/C31H25F3N2O8/c1-40-24-15-16-36(30(39)35-24)27-26(42-22-14-8-13-21(17-22)31(32,33)34)25(44-29(38)20-11-6-3-7-12-20)23(43-27)18-41-28(37)19-9-4-2-5-10-19/h2-17,23,25-27H,18H2,1H3/t23-,25-,26-,27-/m1/s1. The highest BCUT2D eigenvalue weighted by Crippen LogP contribution is 2.37. The molecular weight excluding hydrogens is 585 g/mol. The van der Waals surface area contributed by atoms with Crippen LogP contribution in [0, 0.1) is 0 Å². The quantitative estimate of drug-likeness (QED) is 0.249. The fraction of sp³-hybridized carbons (Fsp3) is 0.226. The summed E-state index contributed by atoms with van der Waals surface area (Å²) in [5.41, 5.74) is -1.42. The van der Waals surface area contributed by atoms with Gasteiger partial charge in [0.25, 0.3) is 0 Å². The van der Waals surface area contributed by atoms with E-state index in [1.165, 1.54) is 49.7 Å². The van der Waals surface area contributed by atoms with Crippen molar-refractivity contribution in [3.05, 3.63) is 124 Å². The maximum Gasteiger partial charge on any atom is 0.416 e. The zero-order chi connectivity index (χ0) is 31.3. The van der Waals surface area contributed by atoms with Crippen molar-refractivity contribution in [2.75, 3.05) is 13.7 Å². The van der Waals surface area contributed by atoms with Crippen LogP contribution in [0.4, 0.5) is 13.2 Å². The minimum absolute atomic E-state index is 0.00000908. The van der Waals surface area contributed by atoms with E-state index in [4.69, 9.17) is 23.7 Å². The Balaban J connectivity index is 1.53. The van der Waals surface area contributed by atoms with Crippen LogP contribution in [-0.4, -0.2) is 53.5 Å². The number of hydrogen-bond donors (Lipinski definition) is 0. The molecule has 0 saturated carbocycles. The number of esters is 2. The largest absolute Gasteiger partial charge is 0.482 e. The fourth-order valence-corrected chi connectivity index (χ4v) is 4.52. The van der Waals surface area contributed by atoms with Crippen molar-refractivity contribution >= 4 is 11.9 Å². The molecule has 228 valence electrons. The number of ether oxygens (including phenoxy) is 5. The van der Waals surface area contributed by atoms with Crippen LogP contribution in [0.3, 0.4) is 0 Å². The number of halogens is 3. The summed E-state index contributed by atoms with van der Waals surface area (Å²) in [5, 5.41) is 0. The lowest BCUT2D eigenvalue weighted by molar-refractivity contribution is -0.137. The summed E-state index contributed by atoms with van der Waals surface area (Å²) in [6.45, 7) is -0.461. The number of methoxy groups -OCH3 is 1. The van der Waals surface area contributed by atoms with E-state index in [1.54, 1.807) is 36.4 Å². The highest BCUT2D eigenvalue weighted by molar-refractivity contribution is 5.90. The highest BCUT2D eigenvalue weighted by Gasteiger charge is 2.51. The number of aromatic nitrogens is 2. The van der Waals surface area contributed by atoms with Crippen molar-refractivity contribution in [3.63, 3.8) is 0 Å². The molecule has 5 rings (SSSR count). The van der Waals surface area contributed by atoms with E-state index in [9.17, 15) is 27.6 Å². The number of hydrogen-bond acceptors (Lipinski definition) is 9. The average Bonchev–Trinajstić information content (AvgIpc) is 3.36. The van der Waals surface area contributed by atoms with Crippen molar-refractivity contribution in [1.29, 1.82) is 0 Å². The number of nitrogens with zero attached hydrogens (tertiary/aromatic N) is 2. The van der Waals surface area contributed by atoms with Gasteiger partial charge in [0.2, 0.25) is 5.88 Å². The Hall–Kier alpha value is -5.17. The van der Waals surface area contributed by atoms with Crippen LogP contribution in [0.15, 0.2) is 102 Å². The molecule has 1 fully saturated rings. The van der Waals surface area contributed by atoms with Gasteiger partial charge >= 0.3 is 23.8 Å². The first kappa shape index (κ1) is 30.3. The third-order valence-corrected chi connectivity index (χ3v) is 6.65. The Morgan fingerprint density at radius 3 is 2.16 bits per heavy atom. The smallest absolute Gasteiger partial charge is 0.416 e. The molecule has 1 aromatic heterocycles. The predicted octanol–water partition coefficient (Wildman–Crippen LogP) is 4.70. The molecule has 0 aliphatic carbocycles. The van der Waals surface area contributed by atoms with Gasteiger partial charge in [0, 0.05) is 12.3 Å². The van der Waals surface area contributed by atoms with E-state index in [-0.39, 0.29) is 22.8 Å². The van der Waals surface area contributed by atoms with Gasteiger partial charge in [-0.05, 0) is 42.5 Å². The monoisotopic (exact) mass is 610 g/mol. The van der Waals surface area contributed by atoms with Crippen LogP contribution in [0.1, 0.15) is 32.5 Å². The topological polar surface area (TPSA) is 115 Å². The molecule has 0 unspecified atom stereocenters. The molecule has 0 spiro atoms. The molecule has 44 heavy (non-hydrogen) atoms. The van der Waals surface area contributed by atoms with Crippen LogP contribution >= 0.6 is 0 Å². The van der Waals surface area contributed by atoms with E-state index in [0.29, 0.717) is 0 Å². The third-order valence-electron chi connectivity index (χ3n) is 6.65. The molecule has 1 aliphatic rings. The first-order valence-electron chi connectivity index (χ1n) is 13.2.